The number of aromatic nitrogens is 1. The van der Waals surface area contributed by atoms with E-state index in [2.05, 4.69) is 22.8 Å². The summed E-state index contributed by atoms with van der Waals surface area (Å²) in [5.74, 6) is -0.364. The number of pyridine rings is 1. The zero-order valence-electron chi connectivity index (χ0n) is 23.3. The quantitative estimate of drug-likeness (QED) is 0.430. The number of phenolic OH excluding ortho intramolecular Hbond substituents is 1. The molecule has 0 saturated carbocycles. The SMILES string of the molecule is CCCN(CCN1CCN(C(=O)c2c(O)c(=O)ccn2Cc2ccccc2)CC1)C1CCc2c(O)cccc2C1. The van der Waals surface area contributed by atoms with Gasteiger partial charge in [0.2, 0.25) is 5.43 Å². The van der Waals surface area contributed by atoms with Crippen molar-refractivity contribution in [3.63, 3.8) is 0 Å². The predicted octanol–water partition coefficient (Wildman–Crippen LogP) is 3.34. The van der Waals surface area contributed by atoms with Gasteiger partial charge in [0.05, 0.1) is 0 Å². The number of carbonyl (C=O) groups is 1. The molecule has 1 amide bonds. The lowest BCUT2D eigenvalue weighted by Crippen LogP contribution is -2.51. The third-order valence-electron chi connectivity index (χ3n) is 8.37. The molecular weight excluding hydrogens is 504 g/mol. The molecule has 0 radical (unpaired) electrons. The number of amides is 1. The number of fused-ring (bicyclic) bond motifs is 1. The Bertz CT molecular complexity index is 1370. The zero-order chi connectivity index (χ0) is 28.1. The summed E-state index contributed by atoms with van der Waals surface area (Å²) >= 11 is 0. The van der Waals surface area contributed by atoms with Crippen LogP contribution in [0.2, 0.25) is 0 Å². The zero-order valence-corrected chi connectivity index (χ0v) is 23.3. The van der Waals surface area contributed by atoms with Crippen molar-refractivity contribution in [3.8, 4) is 11.5 Å². The second kappa shape index (κ2) is 12.7. The van der Waals surface area contributed by atoms with Gasteiger partial charge in [0.25, 0.3) is 5.91 Å². The Morgan fingerprint density at radius 3 is 2.50 bits per heavy atom. The van der Waals surface area contributed by atoms with Gasteiger partial charge in [-0.1, -0.05) is 49.4 Å². The van der Waals surface area contributed by atoms with E-state index in [4.69, 9.17) is 0 Å². The third kappa shape index (κ3) is 6.24. The van der Waals surface area contributed by atoms with E-state index in [9.17, 15) is 19.8 Å². The van der Waals surface area contributed by atoms with Crippen LogP contribution in [0.1, 0.15) is 46.9 Å². The van der Waals surface area contributed by atoms with E-state index in [1.54, 1.807) is 21.7 Å². The van der Waals surface area contributed by atoms with E-state index in [1.807, 2.05) is 36.4 Å². The first-order valence-electron chi connectivity index (χ1n) is 14.5. The summed E-state index contributed by atoms with van der Waals surface area (Å²) in [5, 5.41) is 20.8. The van der Waals surface area contributed by atoms with Gasteiger partial charge in [0, 0.05) is 64.1 Å². The van der Waals surface area contributed by atoms with Crippen molar-refractivity contribution in [3.05, 3.63) is 93.4 Å². The first-order valence-corrected chi connectivity index (χ1v) is 14.5. The fourth-order valence-electron chi connectivity index (χ4n) is 6.14. The molecule has 0 bridgehead atoms. The summed E-state index contributed by atoms with van der Waals surface area (Å²) in [4.78, 5) is 32.5. The molecule has 212 valence electrons. The molecule has 1 aromatic heterocycles. The summed E-state index contributed by atoms with van der Waals surface area (Å²) < 4.78 is 1.67. The van der Waals surface area contributed by atoms with Crippen molar-refractivity contribution in [1.82, 2.24) is 19.3 Å². The van der Waals surface area contributed by atoms with E-state index < -0.39 is 11.2 Å². The van der Waals surface area contributed by atoms with Crippen LogP contribution in [0, 0.1) is 0 Å². The number of hydrogen-bond donors (Lipinski definition) is 2. The van der Waals surface area contributed by atoms with Gasteiger partial charge in [-0.25, -0.2) is 0 Å². The van der Waals surface area contributed by atoms with Crippen LogP contribution in [0.5, 0.6) is 11.5 Å². The fourth-order valence-corrected chi connectivity index (χ4v) is 6.14. The molecule has 1 aliphatic carbocycles. The summed E-state index contributed by atoms with van der Waals surface area (Å²) in [6.45, 7) is 8.17. The molecule has 40 heavy (non-hydrogen) atoms. The number of aromatic hydroxyl groups is 2. The van der Waals surface area contributed by atoms with Gasteiger partial charge in [-0.3, -0.25) is 19.4 Å². The number of piperazine rings is 1. The third-order valence-corrected chi connectivity index (χ3v) is 8.37. The molecule has 3 aromatic rings. The number of rotatable bonds is 9. The molecule has 8 nitrogen and oxygen atoms in total. The standard InChI is InChI=1S/C32H40N4O4/c1-2-14-34(26-11-12-27-25(22-26)9-6-10-28(27)37)19-16-33-17-20-35(21-18-33)32(40)30-31(39)29(38)13-15-36(30)23-24-7-4-3-5-8-24/h3-10,13,15,26,37,39H,2,11-12,14,16-23H2,1H3. The number of phenols is 1. The Morgan fingerprint density at radius 2 is 1.75 bits per heavy atom. The minimum Gasteiger partial charge on any atom is -0.508 e. The predicted molar refractivity (Wildman–Crippen MR) is 156 cm³/mol. The van der Waals surface area contributed by atoms with E-state index in [-0.39, 0.29) is 11.6 Å². The average molecular weight is 545 g/mol. The summed E-state index contributed by atoms with van der Waals surface area (Å²) in [7, 11) is 0. The van der Waals surface area contributed by atoms with Crippen molar-refractivity contribution < 1.29 is 15.0 Å². The molecule has 5 rings (SSSR count). The molecule has 2 heterocycles. The monoisotopic (exact) mass is 544 g/mol. The molecule has 1 aliphatic heterocycles. The highest BCUT2D eigenvalue weighted by atomic mass is 16.3. The smallest absolute Gasteiger partial charge is 0.274 e. The Hall–Kier alpha value is -3.62. The minimum absolute atomic E-state index is 0.0579. The summed E-state index contributed by atoms with van der Waals surface area (Å²) in [6, 6.07) is 17.4. The fraction of sp³-hybridized carbons (Fsp3) is 0.438. The van der Waals surface area contributed by atoms with Crippen LogP contribution < -0.4 is 5.43 Å². The van der Waals surface area contributed by atoms with Gasteiger partial charge in [-0.05, 0) is 55.0 Å². The van der Waals surface area contributed by atoms with Crippen LogP contribution in [-0.2, 0) is 19.4 Å². The highest BCUT2D eigenvalue weighted by Crippen LogP contribution is 2.30. The molecule has 2 aliphatic rings. The van der Waals surface area contributed by atoms with Crippen molar-refractivity contribution in [2.24, 2.45) is 0 Å². The molecule has 1 fully saturated rings. The lowest BCUT2D eigenvalue weighted by atomic mass is 9.87. The maximum atomic E-state index is 13.5. The lowest BCUT2D eigenvalue weighted by Gasteiger charge is -2.39. The van der Waals surface area contributed by atoms with E-state index in [0.29, 0.717) is 31.4 Å². The number of nitrogens with zero attached hydrogens (tertiary/aromatic N) is 4. The van der Waals surface area contributed by atoms with E-state index in [1.165, 1.54) is 11.6 Å². The molecule has 8 heteroatoms. The second-order valence-corrected chi connectivity index (χ2v) is 11.0. The van der Waals surface area contributed by atoms with Crippen molar-refractivity contribution in [1.29, 1.82) is 0 Å². The first kappa shape index (κ1) is 27.9. The summed E-state index contributed by atoms with van der Waals surface area (Å²) in [5.41, 5.74) is 2.87. The maximum Gasteiger partial charge on any atom is 0.274 e. The van der Waals surface area contributed by atoms with E-state index >= 15 is 0 Å². The van der Waals surface area contributed by atoms with Gasteiger partial charge in [-0.15, -0.1) is 0 Å². The first-order chi connectivity index (χ1) is 19.4. The number of carbonyl (C=O) groups excluding carboxylic acids is 1. The largest absolute Gasteiger partial charge is 0.508 e. The molecule has 2 aromatic carbocycles. The second-order valence-electron chi connectivity index (χ2n) is 11.0. The average Bonchev–Trinajstić information content (AvgIpc) is 2.98. The maximum absolute atomic E-state index is 13.5. The molecule has 1 unspecified atom stereocenters. The van der Waals surface area contributed by atoms with Crippen LogP contribution in [-0.4, -0.2) is 87.2 Å². The molecule has 1 saturated heterocycles. The van der Waals surface area contributed by atoms with Crippen molar-refractivity contribution in [2.75, 3.05) is 45.8 Å². The summed E-state index contributed by atoms with van der Waals surface area (Å²) in [6.07, 6.45) is 5.62. The normalized spacial score (nSPS) is 17.6. The van der Waals surface area contributed by atoms with Gasteiger partial charge >= 0.3 is 0 Å². The molecule has 2 N–H and O–H groups in total. The van der Waals surface area contributed by atoms with Crippen LogP contribution in [0.15, 0.2) is 65.6 Å². The minimum atomic E-state index is -0.539. The van der Waals surface area contributed by atoms with E-state index in [0.717, 1.165) is 69.5 Å². The number of benzene rings is 2. The van der Waals surface area contributed by atoms with Crippen molar-refractivity contribution in [2.45, 2.75) is 45.2 Å². The van der Waals surface area contributed by atoms with Crippen LogP contribution >= 0.6 is 0 Å². The molecule has 1 atom stereocenters. The Balaban J connectivity index is 1.19. The topological polar surface area (TPSA) is 89.3 Å². The number of hydrogen-bond acceptors (Lipinski definition) is 6. The molecule has 0 spiro atoms. The molecular formula is C32H40N4O4. The Labute approximate surface area is 236 Å². The highest BCUT2D eigenvalue weighted by molar-refractivity contribution is 5.95. The van der Waals surface area contributed by atoms with Crippen LogP contribution in [0.4, 0.5) is 0 Å². The Kier molecular flexibility index (Phi) is 8.87. The van der Waals surface area contributed by atoms with Gasteiger partial charge in [0.15, 0.2) is 11.4 Å². The van der Waals surface area contributed by atoms with Gasteiger partial charge in [0.1, 0.15) is 5.75 Å². The highest BCUT2D eigenvalue weighted by Gasteiger charge is 2.29. The Morgan fingerprint density at radius 1 is 0.975 bits per heavy atom. The van der Waals surface area contributed by atoms with Crippen LogP contribution in [0.25, 0.3) is 0 Å². The van der Waals surface area contributed by atoms with Crippen LogP contribution in [0.3, 0.4) is 0 Å². The van der Waals surface area contributed by atoms with Gasteiger partial charge < -0.3 is 19.7 Å². The lowest BCUT2D eigenvalue weighted by molar-refractivity contribution is 0.0595. The van der Waals surface area contributed by atoms with Gasteiger partial charge in [-0.2, -0.15) is 0 Å². The van der Waals surface area contributed by atoms with Crippen molar-refractivity contribution >= 4 is 5.91 Å².